The number of carbonyl (C=O) groups is 1. The Morgan fingerprint density at radius 2 is 2.19 bits per heavy atom. The Balaban J connectivity index is 2.54. The monoisotopic (exact) mass is 307 g/mol. The molecule has 4 nitrogen and oxygen atoms in total. The lowest BCUT2D eigenvalue weighted by molar-refractivity contribution is -0.132. The van der Waals surface area contributed by atoms with E-state index in [9.17, 15) is 4.79 Å². The van der Waals surface area contributed by atoms with Crippen molar-refractivity contribution >= 4 is 17.5 Å². The predicted octanol–water partition coefficient (Wildman–Crippen LogP) is 2.78. The molecule has 0 saturated carbocycles. The minimum atomic E-state index is -0.146. The number of rotatable bonds is 7. The maximum Gasteiger partial charge on any atom is 0.236 e. The van der Waals surface area contributed by atoms with Gasteiger partial charge in [0, 0.05) is 24.7 Å². The van der Waals surface area contributed by atoms with Crippen molar-refractivity contribution in [1.29, 1.82) is 5.26 Å². The molecule has 0 N–H and O–H groups in total. The summed E-state index contributed by atoms with van der Waals surface area (Å²) in [6, 6.07) is 9.79. The molecule has 0 bridgehead atoms. The van der Waals surface area contributed by atoms with Gasteiger partial charge in [-0.15, -0.1) is 0 Å². The van der Waals surface area contributed by atoms with Crippen molar-refractivity contribution in [3.8, 4) is 6.07 Å². The molecule has 0 aliphatic carbocycles. The van der Waals surface area contributed by atoms with Crippen LogP contribution in [-0.2, 0) is 11.3 Å². The lowest BCUT2D eigenvalue weighted by atomic mass is 10.2. The van der Waals surface area contributed by atoms with Crippen LogP contribution in [0, 0.1) is 17.2 Å². The zero-order valence-corrected chi connectivity index (χ0v) is 13.6. The zero-order valence-electron chi connectivity index (χ0n) is 12.8. The van der Waals surface area contributed by atoms with Crippen molar-refractivity contribution in [2.75, 3.05) is 26.7 Å². The van der Waals surface area contributed by atoms with Gasteiger partial charge in [0.15, 0.2) is 0 Å². The normalized spacial score (nSPS) is 12.0. The Kier molecular flexibility index (Phi) is 7.21. The van der Waals surface area contributed by atoms with Gasteiger partial charge in [-0.2, -0.15) is 5.26 Å². The number of hydrogen-bond acceptors (Lipinski definition) is 3. The molecule has 5 heteroatoms. The molecule has 0 radical (unpaired) electrons. The lowest BCUT2D eigenvalue weighted by Gasteiger charge is -2.25. The van der Waals surface area contributed by atoms with E-state index < -0.39 is 0 Å². The summed E-state index contributed by atoms with van der Waals surface area (Å²) >= 11 is 5.96. The Hall–Kier alpha value is -1.57. The van der Waals surface area contributed by atoms with Crippen LogP contribution in [0.1, 0.15) is 19.4 Å². The van der Waals surface area contributed by atoms with Crippen LogP contribution in [0.4, 0.5) is 0 Å². The number of likely N-dealkylation sites (N-methyl/N-ethyl adjacent to an activating group) is 2. The van der Waals surface area contributed by atoms with E-state index in [0.29, 0.717) is 31.2 Å². The van der Waals surface area contributed by atoms with Crippen LogP contribution in [0.2, 0.25) is 5.02 Å². The first-order chi connectivity index (χ1) is 9.96. The van der Waals surface area contributed by atoms with Crippen LogP contribution in [0.5, 0.6) is 0 Å². The second-order valence-corrected chi connectivity index (χ2v) is 5.70. The van der Waals surface area contributed by atoms with E-state index in [0.717, 1.165) is 5.56 Å². The predicted molar refractivity (Wildman–Crippen MR) is 84.8 cm³/mol. The van der Waals surface area contributed by atoms with Gasteiger partial charge in [-0.3, -0.25) is 9.69 Å². The Morgan fingerprint density at radius 1 is 1.48 bits per heavy atom. The molecule has 21 heavy (non-hydrogen) atoms. The number of carbonyl (C=O) groups excluding carboxylic acids is 1. The molecule has 1 aromatic rings. The molecule has 0 heterocycles. The zero-order chi connectivity index (χ0) is 15.8. The van der Waals surface area contributed by atoms with Crippen LogP contribution in [0.15, 0.2) is 24.3 Å². The molecule has 114 valence electrons. The number of nitriles is 1. The van der Waals surface area contributed by atoms with Gasteiger partial charge in [0.1, 0.15) is 0 Å². The van der Waals surface area contributed by atoms with E-state index in [2.05, 4.69) is 6.07 Å². The van der Waals surface area contributed by atoms with Gasteiger partial charge in [-0.1, -0.05) is 23.7 Å². The first-order valence-electron chi connectivity index (χ1n) is 7.06. The first kappa shape index (κ1) is 17.5. The molecule has 1 amide bonds. The van der Waals surface area contributed by atoms with Gasteiger partial charge in [-0.25, -0.2) is 0 Å². The summed E-state index contributed by atoms with van der Waals surface area (Å²) in [4.78, 5) is 15.9. The fourth-order valence-electron chi connectivity index (χ4n) is 2.11. The quantitative estimate of drug-likeness (QED) is 0.778. The molecular formula is C16H22ClN3O. The van der Waals surface area contributed by atoms with Crippen LogP contribution >= 0.6 is 11.6 Å². The fraction of sp³-hybridized carbons (Fsp3) is 0.500. The number of amides is 1. The van der Waals surface area contributed by atoms with Gasteiger partial charge in [0.2, 0.25) is 5.91 Å². The van der Waals surface area contributed by atoms with Crippen LogP contribution in [-0.4, -0.2) is 42.4 Å². The second-order valence-electron chi connectivity index (χ2n) is 5.26. The topological polar surface area (TPSA) is 47.3 Å². The fourth-order valence-corrected chi connectivity index (χ4v) is 2.33. The van der Waals surface area contributed by atoms with E-state index in [-0.39, 0.29) is 11.8 Å². The molecule has 0 aliphatic heterocycles. The summed E-state index contributed by atoms with van der Waals surface area (Å²) in [7, 11) is 1.90. The van der Waals surface area contributed by atoms with Crippen molar-refractivity contribution in [2.24, 2.45) is 5.92 Å². The first-order valence-corrected chi connectivity index (χ1v) is 7.44. The summed E-state index contributed by atoms with van der Waals surface area (Å²) in [6.45, 7) is 5.85. The molecule has 0 aliphatic rings. The molecule has 0 spiro atoms. The third kappa shape index (κ3) is 6.16. The minimum Gasteiger partial charge on any atom is -0.341 e. The van der Waals surface area contributed by atoms with E-state index in [1.807, 2.05) is 50.1 Å². The third-order valence-electron chi connectivity index (χ3n) is 3.20. The van der Waals surface area contributed by atoms with Gasteiger partial charge >= 0.3 is 0 Å². The SMILES string of the molecule is CCN(CC(C)C#N)C(=O)CN(C)Cc1cccc(Cl)c1. The summed E-state index contributed by atoms with van der Waals surface area (Å²) in [6.07, 6.45) is 0. The molecular weight excluding hydrogens is 286 g/mol. The lowest BCUT2D eigenvalue weighted by Crippen LogP contribution is -2.40. The van der Waals surface area contributed by atoms with Gasteiger partial charge in [0.25, 0.3) is 0 Å². The number of benzene rings is 1. The smallest absolute Gasteiger partial charge is 0.236 e. The van der Waals surface area contributed by atoms with Crippen LogP contribution < -0.4 is 0 Å². The number of halogens is 1. The highest BCUT2D eigenvalue weighted by molar-refractivity contribution is 6.30. The molecule has 1 atom stereocenters. The maximum atomic E-state index is 12.2. The van der Waals surface area contributed by atoms with Crippen LogP contribution in [0.3, 0.4) is 0 Å². The Morgan fingerprint density at radius 3 is 2.76 bits per heavy atom. The summed E-state index contributed by atoms with van der Waals surface area (Å²) < 4.78 is 0. The number of nitrogens with zero attached hydrogens (tertiary/aromatic N) is 3. The van der Waals surface area contributed by atoms with E-state index in [1.54, 1.807) is 4.90 Å². The number of hydrogen-bond donors (Lipinski definition) is 0. The highest BCUT2D eigenvalue weighted by Crippen LogP contribution is 2.12. The minimum absolute atomic E-state index is 0.0455. The van der Waals surface area contributed by atoms with Gasteiger partial charge in [0.05, 0.1) is 18.5 Å². The highest BCUT2D eigenvalue weighted by atomic mass is 35.5. The van der Waals surface area contributed by atoms with Crippen molar-refractivity contribution in [1.82, 2.24) is 9.80 Å². The Bertz CT molecular complexity index is 512. The van der Waals surface area contributed by atoms with Gasteiger partial charge < -0.3 is 4.90 Å². The van der Waals surface area contributed by atoms with E-state index in [1.165, 1.54) is 0 Å². The van der Waals surface area contributed by atoms with Crippen molar-refractivity contribution in [3.63, 3.8) is 0 Å². The Labute approximate surface area is 131 Å². The van der Waals surface area contributed by atoms with Crippen molar-refractivity contribution in [2.45, 2.75) is 20.4 Å². The average Bonchev–Trinajstić information content (AvgIpc) is 2.44. The van der Waals surface area contributed by atoms with Crippen molar-refractivity contribution in [3.05, 3.63) is 34.9 Å². The molecule has 0 saturated heterocycles. The van der Waals surface area contributed by atoms with E-state index in [4.69, 9.17) is 16.9 Å². The second kappa shape index (κ2) is 8.66. The summed E-state index contributed by atoms with van der Waals surface area (Å²) in [5, 5.41) is 9.55. The van der Waals surface area contributed by atoms with Crippen molar-refractivity contribution < 1.29 is 4.79 Å². The van der Waals surface area contributed by atoms with E-state index >= 15 is 0 Å². The third-order valence-corrected chi connectivity index (χ3v) is 3.43. The van der Waals surface area contributed by atoms with Gasteiger partial charge in [-0.05, 0) is 38.6 Å². The summed E-state index contributed by atoms with van der Waals surface area (Å²) in [5.74, 6) is -0.101. The maximum absolute atomic E-state index is 12.2. The largest absolute Gasteiger partial charge is 0.341 e. The standard InChI is InChI=1S/C16H22ClN3O/c1-4-20(10-13(2)9-18)16(21)12-19(3)11-14-6-5-7-15(17)8-14/h5-8,13H,4,10-12H2,1-3H3. The molecule has 1 rings (SSSR count). The average molecular weight is 308 g/mol. The molecule has 1 unspecified atom stereocenters. The highest BCUT2D eigenvalue weighted by Gasteiger charge is 2.16. The van der Waals surface area contributed by atoms with Crippen LogP contribution in [0.25, 0.3) is 0 Å². The molecule has 0 fully saturated rings. The molecule has 1 aromatic carbocycles. The summed E-state index contributed by atoms with van der Waals surface area (Å²) in [5.41, 5.74) is 1.08. The molecule has 0 aromatic heterocycles.